The van der Waals surface area contributed by atoms with Crippen molar-refractivity contribution in [3.63, 3.8) is 0 Å². The van der Waals surface area contributed by atoms with Crippen LogP contribution in [0.4, 0.5) is 0 Å². The lowest BCUT2D eigenvalue weighted by atomic mass is 9.96. The van der Waals surface area contributed by atoms with E-state index in [1.807, 2.05) is 0 Å². The zero-order chi connectivity index (χ0) is 47.0. The molecule has 24 heteroatoms. The molecule has 0 saturated carbocycles. The van der Waals surface area contributed by atoms with Crippen LogP contribution in [0.25, 0.3) is 0 Å². The fourth-order valence-corrected chi connectivity index (χ4v) is 6.55. The van der Waals surface area contributed by atoms with Gasteiger partial charge in [0.1, 0.15) is 117 Å². The number of ether oxygens (including phenoxy) is 10. The van der Waals surface area contributed by atoms with Gasteiger partial charge >= 0.3 is 17.9 Å². The van der Waals surface area contributed by atoms with Crippen LogP contribution in [0.3, 0.4) is 0 Å². The van der Waals surface area contributed by atoms with Gasteiger partial charge in [-0.05, 0) is 41.5 Å². The molecular weight excluding hydrogens is 852 g/mol. The van der Waals surface area contributed by atoms with E-state index in [0.29, 0.717) is 0 Å². The molecule has 0 aromatic carbocycles. The third-order valence-corrected chi connectivity index (χ3v) is 11.1. The SMILES string of the molecule is C/C=C(\C)C(=O)OC[C@H]1O[C@@H](O[C@H]2[C@@H](O[C@H]3O[C@H](COC(=O)/C(C)=C/C)[C@@H](O)[C@H](O)[C@H]3O[C@@H]3O[C@H](CO)[C@@H](O)[C@H](O)[C@H]3O)O[C@H](COC(=O)/C(C)=C/C)[C@@H](O)[C@@H]2O)[C@H](O)[C@@H](O)[C@@H]1O. The van der Waals surface area contributed by atoms with E-state index >= 15 is 0 Å². The van der Waals surface area contributed by atoms with Crippen molar-refractivity contribution in [2.75, 3.05) is 26.4 Å². The zero-order valence-corrected chi connectivity index (χ0v) is 35.3. The summed E-state index contributed by atoms with van der Waals surface area (Å²) in [4.78, 5) is 37.4. The van der Waals surface area contributed by atoms with Gasteiger partial charge in [-0.2, -0.15) is 0 Å². The highest BCUT2D eigenvalue weighted by Gasteiger charge is 2.56. The maximum atomic E-state index is 12.5. The van der Waals surface area contributed by atoms with E-state index in [4.69, 9.17) is 47.4 Å². The molecule has 0 spiro atoms. The number of hydrogen-bond donors (Lipinski definition) is 11. The average Bonchev–Trinajstić information content (AvgIpc) is 3.28. The third kappa shape index (κ3) is 12.4. The summed E-state index contributed by atoms with van der Waals surface area (Å²) in [6.45, 7) is 5.98. The van der Waals surface area contributed by atoms with Crippen LogP contribution in [0.5, 0.6) is 0 Å². The van der Waals surface area contributed by atoms with Crippen LogP contribution in [0, 0.1) is 0 Å². The summed E-state index contributed by atoms with van der Waals surface area (Å²) in [5, 5.41) is 119. The predicted octanol–water partition coefficient (Wildman–Crippen LogP) is -5.20. The van der Waals surface area contributed by atoms with E-state index in [2.05, 4.69) is 0 Å². The van der Waals surface area contributed by atoms with Gasteiger partial charge in [-0.15, -0.1) is 0 Å². The molecule has 63 heavy (non-hydrogen) atoms. The van der Waals surface area contributed by atoms with Crippen molar-refractivity contribution in [3.8, 4) is 0 Å². The summed E-state index contributed by atoms with van der Waals surface area (Å²) in [6.07, 6.45) is -34.3. The number of hydrogen-bond acceptors (Lipinski definition) is 24. The summed E-state index contributed by atoms with van der Waals surface area (Å²) in [5.41, 5.74) is 0.513. The molecule has 0 radical (unpaired) electrons. The Kier molecular flexibility index (Phi) is 19.5. The van der Waals surface area contributed by atoms with Gasteiger partial charge in [-0.25, -0.2) is 14.4 Å². The molecule has 4 heterocycles. The van der Waals surface area contributed by atoms with Gasteiger partial charge in [0.2, 0.25) is 0 Å². The highest BCUT2D eigenvalue weighted by Crippen LogP contribution is 2.35. The molecule has 11 N–H and O–H groups in total. The van der Waals surface area contributed by atoms with Crippen molar-refractivity contribution >= 4 is 17.9 Å². The van der Waals surface area contributed by atoms with Crippen LogP contribution >= 0.6 is 0 Å². The molecule has 4 fully saturated rings. The van der Waals surface area contributed by atoms with Crippen LogP contribution in [0.2, 0.25) is 0 Å². The van der Waals surface area contributed by atoms with Crippen molar-refractivity contribution in [3.05, 3.63) is 34.9 Å². The quantitative estimate of drug-likeness (QED) is 0.0392. The number of carbonyl (C=O) groups excluding carboxylic acids is 3. The largest absolute Gasteiger partial charge is 0.459 e. The van der Waals surface area contributed by atoms with Crippen LogP contribution in [0.1, 0.15) is 41.5 Å². The van der Waals surface area contributed by atoms with Gasteiger partial charge in [0.25, 0.3) is 0 Å². The molecule has 0 aliphatic carbocycles. The Balaban J connectivity index is 1.72. The topological polar surface area (TPSA) is 366 Å². The Hall–Kier alpha value is -3.09. The highest BCUT2D eigenvalue weighted by molar-refractivity contribution is 5.88. The highest BCUT2D eigenvalue weighted by atomic mass is 16.8. The molecule has 0 aromatic heterocycles. The van der Waals surface area contributed by atoms with Gasteiger partial charge in [-0.3, -0.25) is 0 Å². The molecule has 0 amide bonds. The second-order valence-electron chi connectivity index (χ2n) is 15.3. The maximum absolute atomic E-state index is 12.5. The van der Waals surface area contributed by atoms with Crippen molar-refractivity contribution in [1.29, 1.82) is 0 Å². The number of aliphatic hydroxyl groups excluding tert-OH is 11. The van der Waals surface area contributed by atoms with E-state index in [9.17, 15) is 70.6 Å². The molecule has 4 saturated heterocycles. The lowest BCUT2D eigenvalue weighted by Gasteiger charge is -2.49. The second kappa shape index (κ2) is 23.4. The Labute approximate surface area is 361 Å². The number of esters is 3. The molecule has 20 atom stereocenters. The van der Waals surface area contributed by atoms with E-state index < -0.39 is 167 Å². The Morgan fingerprint density at radius 3 is 1.02 bits per heavy atom. The fraction of sp³-hybridized carbons (Fsp3) is 0.769. The molecule has 360 valence electrons. The summed E-state index contributed by atoms with van der Waals surface area (Å²) in [6, 6.07) is 0. The van der Waals surface area contributed by atoms with Gasteiger partial charge in [0.15, 0.2) is 25.2 Å². The minimum absolute atomic E-state index is 0.160. The fourth-order valence-electron chi connectivity index (χ4n) is 6.55. The summed E-state index contributed by atoms with van der Waals surface area (Å²) in [7, 11) is 0. The van der Waals surface area contributed by atoms with Crippen molar-refractivity contribution in [2.24, 2.45) is 0 Å². The number of allylic oxidation sites excluding steroid dienone is 3. The number of aliphatic hydroxyl groups is 11. The summed E-state index contributed by atoms with van der Waals surface area (Å²) < 4.78 is 56.4. The Morgan fingerprint density at radius 2 is 0.698 bits per heavy atom. The molecule has 24 nitrogen and oxygen atoms in total. The van der Waals surface area contributed by atoms with Gasteiger partial charge in [-0.1, -0.05) is 18.2 Å². The first kappa shape index (κ1) is 52.5. The normalized spacial score (nSPS) is 41.8. The molecule has 0 unspecified atom stereocenters. The Morgan fingerprint density at radius 1 is 0.413 bits per heavy atom. The van der Waals surface area contributed by atoms with Crippen molar-refractivity contribution in [2.45, 2.75) is 164 Å². The Bertz CT molecular complexity index is 1620. The van der Waals surface area contributed by atoms with Crippen LogP contribution in [-0.2, 0) is 61.8 Å². The van der Waals surface area contributed by atoms with Crippen molar-refractivity contribution < 1.29 is 118 Å². The van der Waals surface area contributed by atoms with Gasteiger partial charge in [0.05, 0.1) is 6.61 Å². The van der Waals surface area contributed by atoms with Crippen LogP contribution < -0.4 is 0 Å². The lowest BCUT2D eigenvalue weighted by molar-refractivity contribution is -0.414. The van der Waals surface area contributed by atoms with E-state index in [0.717, 1.165) is 0 Å². The smallest absolute Gasteiger partial charge is 0.333 e. The minimum Gasteiger partial charge on any atom is -0.459 e. The van der Waals surface area contributed by atoms with E-state index in [-0.39, 0.29) is 16.7 Å². The van der Waals surface area contributed by atoms with Crippen LogP contribution in [-0.4, -0.2) is 223 Å². The molecule has 0 aromatic rings. The molecule has 4 aliphatic rings. The third-order valence-electron chi connectivity index (χ3n) is 11.1. The summed E-state index contributed by atoms with van der Waals surface area (Å²) in [5.74, 6) is -2.48. The van der Waals surface area contributed by atoms with Crippen molar-refractivity contribution in [1.82, 2.24) is 0 Å². The molecule has 0 bridgehead atoms. The minimum atomic E-state index is -2.13. The van der Waals surface area contributed by atoms with E-state index in [1.165, 1.54) is 39.0 Å². The first-order valence-corrected chi connectivity index (χ1v) is 20.1. The molecule has 4 rings (SSSR count). The predicted molar refractivity (Wildman–Crippen MR) is 204 cm³/mol. The molecule has 4 aliphatic heterocycles. The second-order valence-corrected chi connectivity index (χ2v) is 15.3. The monoisotopic (exact) mass is 912 g/mol. The standard InChI is InChI=1S/C39H60O24/c1-7-14(4)33(51)54-11-18-22(42)26(46)30(50)37(58-18)62-32-28(48)24(44)20(13-56-35(53)16(6)9-3)60-39(32)63-38-31(61-36-29(49)25(45)21(41)17(10-40)57-36)27(47)23(43)19(59-38)12-55-34(52)15(5)8-2/h7-9,17-32,36-50H,10-13H2,1-6H3/b14-7+,15-8+,16-9+/t17-,18-,19-,20-,21-,22-,23-,24-,25+,26+,27+,28+,29-,30-,31-,32-,36+,37+,38-,39-/m1/s1. The first-order chi connectivity index (χ1) is 29.7. The zero-order valence-electron chi connectivity index (χ0n) is 35.3. The van der Waals surface area contributed by atoms with E-state index in [1.54, 1.807) is 20.8 Å². The maximum Gasteiger partial charge on any atom is 0.333 e. The molecular formula is C39H60O24. The number of rotatable bonds is 16. The summed E-state index contributed by atoms with van der Waals surface area (Å²) >= 11 is 0. The number of carbonyl (C=O) groups is 3. The average molecular weight is 913 g/mol. The van der Waals surface area contributed by atoms with Gasteiger partial charge < -0.3 is 104 Å². The van der Waals surface area contributed by atoms with Crippen LogP contribution in [0.15, 0.2) is 34.9 Å². The first-order valence-electron chi connectivity index (χ1n) is 20.1. The van der Waals surface area contributed by atoms with Gasteiger partial charge in [0, 0.05) is 16.7 Å². The lowest BCUT2D eigenvalue weighted by Crippen LogP contribution is -2.67.